The Morgan fingerprint density at radius 3 is 2.89 bits per heavy atom. The van der Waals surface area contributed by atoms with Gasteiger partial charge in [0.25, 0.3) is 0 Å². The molecule has 1 atom stereocenters. The zero-order valence-corrected chi connectivity index (χ0v) is 11.8. The molecule has 1 heterocycles. The van der Waals surface area contributed by atoms with Gasteiger partial charge in [0.1, 0.15) is 0 Å². The van der Waals surface area contributed by atoms with Crippen molar-refractivity contribution in [1.82, 2.24) is 5.32 Å². The number of methoxy groups -OCH3 is 1. The molecule has 98 valence electrons. The second-order valence-electron chi connectivity index (χ2n) is 5.42. The van der Waals surface area contributed by atoms with Gasteiger partial charge in [-0.15, -0.1) is 11.8 Å². The van der Waals surface area contributed by atoms with E-state index in [1.165, 1.54) is 36.1 Å². The van der Waals surface area contributed by atoms with Crippen LogP contribution in [0.5, 0.6) is 0 Å². The van der Waals surface area contributed by atoms with E-state index in [9.17, 15) is 0 Å². The van der Waals surface area contributed by atoms with Gasteiger partial charge in [0.05, 0.1) is 5.60 Å². The van der Waals surface area contributed by atoms with E-state index in [1.54, 1.807) is 0 Å². The molecule has 0 spiro atoms. The molecule has 1 aromatic rings. The summed E-state index contributed by atoms with van der Waals surface area (Å²) in [7, 11) is 1.85. The number of rotatable bonds is 5. The van der Waals surface area contributed by atoms with Crippen LogP contribution in [0.1, 0.15) is 24.8 Å². The van der Waals surface area contributed by atoms with Crippen LogP contribution >= 0.6 is 11.8 Å². The monoisotopic (exact) mass is 263 g/mol. The van der Waals surface area contributed by atoms with Crippen LogP contribution in [0.4, 0.5) is 0 Å². The molecule has 0 aromatic heterocycles. The highest BCUT2D eigenvalue weighted by molar-refractivity contribution is 8.00. The molecule has 2 nitrogen and oxygen atoms in total. The average Bonchev–Trinajstić information content (AvgIpc) is 2.75. The van der Waals surface area contributed by atoms with Crippen molar-refractivity contribution in [1.29, 1.82) is 0 Å². The number of hydrogen-bond acceptors (Lipinski definition) is 3. The summed E-state index contributed by atoms with van der Waals surface area (Å²) in [4.78, 5) is 1.47. The first kappa shape index (κ1) is 12.5. The van der Waals surface area contributed by atoms with E-state index >= 15 is 0 Å². The second kappa shape index (κ2) is 5.24. The third kappa shape index (κ3) is 2.44. The lowest BCUT2D eigenvalue weighted by molar-refractivity contribution is -0.0691. The quantitative estimate of drug-likeness (QED) is 0.882. The summed E-state index contributed by atoms with van der Waals surface area (Å²) in [6.45, 7) is 2.10. The van der Waals surface area contributed by atoms with E-state index in [0.717, 1.165) is 13.1 Å². The van der Waals surface area contributed by atoms with Crippen molar-refractivity contribution < 1.29 is 4.74 Å². The minimum Gasteiger partial charge on any atom is -0.377 e. The SMILES string of the molecule is COC1(CNCC2Cc3ccccc3S2)CCC1. The van der Waals surface area contributed by atoms with Crippen molar-refractivity contribution in [2.24, 2.45) is 0 Å². The maximum atomic E-state index is 5.63. The van der Waals surface area contributed by atoms with Crippen molar-refractivity contribution in [3.8, 4) is 0 Å². The zero-order valence-electron chi connectivity index (χ0n) is 10.9. The van der Waals surface area contributed by atoms with Crippen molar-refractivity contribution in [2.75, 3.05) is 20.2 Å². The Kier molecular flexibility index (Phi) is 3.64. The van der Waals surface area contributed by atoms with E-state index in [1.807, 2.05) is 18.9 Å². The van der Waals surface area contributed by atoms with Gasteiger partial charge >= 0.3 is 0 Å². The van der Waals surface area contributed by atoms with Crippen LogP contribution in [0.25, 0.3) is 0 Å². The summed E-state index contributed by atoms with van der Waals surface area (Å²) in [6, 6.07) is 8.77. The number of ether oxygens (including phenoxy) is 1. The van der Waals surface area contributed by atoms with Gasteiger partial charge in [-0.2, -0.15) is 0 Å². The minimum absolute atomic E-state index is 0.149. The Balaban J connectivity index is 1.46. The van der Waals surface area contributed by atoms with Crippen LogP contribution in [0.3, 0.4) is 0 Å². The van der Waals surface area contributed by atoms with Crippen molar-refractivity contribution in [3.63, 3.8) is 0 Å². The highest BCUT2D eigenvalue weighted by Gasteiger charge is 2.36. The average molecular weight is 263 g/mol. The Labute approximate surface area is 113 Å². The third-order valence-corrected chi connectivity index (χ3v) is 5.55. The zero-order chi connectivity index (χ0) is 12.4. The van der Waals surface area contributed by atoms with Gasteiger partial charge in [0.15, 0.2) is 0 Å². The predicted octanol–water partition coefficient (Wildman–Crippen LogP) is 2.86. The molecule has 2 aliphatic rings. The highest BCUT2D eigenvalue weighted by atomic mass is 32.2. The van der Waals surface area contributed by atoms with E-state index in [4.69, 9.17) is 4.74 Å². The molecule has 1 unspecified atom stereocenters. The summed E-state index contributed by atoms with van der Waals surface area (Å²) >= 11 is 2.02. The van der Waals surface area contributed by atoms with E-state index in [0.29, 0.717) is 5.25 Å². The first-order valence-corrected chi connectivity index (χ1v) is 7.70. The van der Waals surface area contributed by atoms with Crippen LogP contribution in [0.15, 0.2) is 29.2 Å². The van der Waals surface area contributed by atoms with Gasteiger partial charge in [0, 0.05) is 30.3 Å². The molecule has 0 amide bonds. The Hall–Kier alpha value is -0.510. The third-order valence-electron chi connectivity index (χ3n) is 4.23. The molecule has 0 saturated heterocycles. The molecule has 1 saturated carbocycles. The smallest absolute Gasteiger partial charge is 0.0802 e. The molecule has 1 fully saturated rings. The molecule has 1 N–H and O–H groups in total. The molecule has 18 heavy (non-hydrogen) atoms. The van der Waals surface area contributed by atoms with Gasteiger partial charge in [-0.25, -0.2) is 0 Å². The lowest BCUT2D eigenvalue weighted by Gasteiger charge is -2.40. The predicted molar refractivity (Wildman–Crippen MR) is 76.3 cm³/mol. The van der Waals surface area contributed by atoms with Crippen molar-refractivity contribution >= 4 is 11.8 Å². The number of benzene rings is 1. The molecule has 1 aliphatic carbocycles. The highest BCUT2D eigenvalue weighted by Crippen LogP contribution is 2.37. The molecular formula is C15H21NOS. The lowest BCUT2D eigenvalue weighted by Crippen LogP contribution is -2.49. The van der Waals surface area contributed by atoms with E-state index < -0.39 is 0 Å². The standard InChI is InChI=1S/C15H21NOS/c1-17-15(7-4-8-15)11-16-10-13-9-12-5-2-3-6-14(12)18-13/h2-3,5-6,13,16H,4,7-11H2,1H3. The van der Waals surface area contributed by atoms with Crippen LogP contribution < -0.4 is 5.32 Å². The normalized spacial score (nSPS) is 24.6. The van der Waals surface area contributed by atoms with Crippen molar-refractivity contribution in [3.05, 3.63) is 29.8 Å². The number of thioether (sulfide) groups is 1. The molecule has 3 rings (SSSR count). The molecule has 1 aliphatic heterocycles. The lowest BCUT2D eigenvalue weighted by atomic mass is 9.80. The maximum Gasteiger partial charge on any atom is 0.0802 e. The van der Waals surface area contributed by atoms with Gasteiger partial charge in [-0.1, -0.05) is 18.2 Å². The minimum atomic E-state index is 0.149. The molecule has 3 heteroatoms. The summed E-state index contributed by atoms with van der Waals surface area (Å²) in [5.74, 6) is 0. The van der Waals surface area contributed by atoms with E-state index in [-0.39, 0.29) is 5.60 Å². The Bertz CT molecular complexity index is 386. The number of fused-ring (bicyclic) bond motifs is 1. The fourth-order valence-corrected chi connectivity index (χ4v) is 4.14. The maximum absolute atomic E-state index is 5.63. The Morgan fingerprint density at radius 2 is 2.22 bits per heavy atom. The van der Waals surface area contributed by atoms with Crippen LogP contribution in [-0.4, -0.2) is 31.1 Å². The van der Waals surface area contributed by atoms with Gasteiger partial charge in [-0.3, -0.25) is 0 Å². The number of hydrogen-bond donors (Lipinski definition) is 1. The van der Waals surface area contributed by atoms with Crippen LogP contribution in [-0.2, 0) is 11.2 Å². The van der Waals surface area contributed by atoms with Gasteiger partial charge in [-0.05, 0) is 37.3 Å². The first-order valence-electron chi connectivity index (χ1n) is 6.82. The topological polar surface area (TPSA) is 21.3 Å². The second-order valence-corrected chi connectivity index (χ2v) is 6.77. The van der Waals surface area contributed by atoms with Gasteiger partial charge < -0.3 is 10.1 Å². The largest absolute Gasteiger partial charge is 0.377 e. The fraction of sp³-hybridized carbons (Fsp3) is 0.600. The summed E-state index contributed by atoms with van der Waals surface area (Å²) < 4.78 is 5.63. The van der Waals surface area contributed by atoms with E-state index in [2.05, 4.69) is 29.6 Å². The molecular weight excluding hydrogens is 242 g/mol. The van der Waals surface area contributed by atoms with Crippen LogP contribution in [0.2, 0.25) is 0 Å². The molecule has 1 aromatic carbocycles. The Morgan fingerprint density at radius 1 is 1.39 bits per heavy atom. The molecule has 0 bridgehead atoms. The fourth-order valence-electron chi connectivity index (χ4n) is 2.85. The number of nitrogens with one attached hydrogen (secondary N) is 1. The first-order chi connectivity index (χ1) is 8.81. The van der Waals surface area contributed by atoms with Gasteiger partial charge in [0.2, 0.25) is 0 Å². The summed E-state index contributed by atoms with van der Waals surface area (Å²) in [6.07, 6.45) is 4.95. The summed E-state index contributed by atoms with van der Waals surface area (Å²) in [5, 5.41) is 4.30. The molecule has 0 radical (unpaired) electrons. The summed E-state index contributed by atoms with van der Waals surface area (Å²) in [5.41, 5.74) is 1.66. The van der Waals surface area contributed by atoms with Crippen LogP contribution in [0, 0.1) is 0 Å². The van der Waals surface area contributed by atoms with Crippen molar-refractivity contribution in [2.45, 2.75) is 41.4 Å².